The van der Waals surface area contributed by atoms with Crippen LogP contribution in [-0.2, 0) is 15.0 Å². The number of hydrogen-bond donors (Lipinski definition) is 4. The molecular weight excluding hydrogens is 610 g/mol. The van der Waals surface area contributed by atoms with Gasteiger partial charge in [0.25, 0.3) is 0 Å². The average Bonchev–Trinajstić information content (AvgIpc) is 3.15. The zero-order valence-electron chi connectivity index (χ0n) is 24.6. The second-order valence-electron chi connectivity index (χ2n) is 11.1. The fourth-order valence-corrected chi connectivity index (χ4v) is 4.79. The van der Waals surface area contributed by atoms with Crippen molar-refractivity contribution in [3.8, 4) is 11.5 Å². The Kier molecular flexibility index (Phi) is 10.7. The van der Waals surface area contributed by atoms with E-state index in [0.29, 0.717) is 34.7 Å². The van der Waals surface area contributed by atoms with Crippen molar-refractivity contribution >= 4 is 52.1 Å². The normalized spacial score (nSPS) is 14.1. The minimum absolute atomic E-state index is 0. The van der Waals surface area contributed by atoms with Gasteiger partial charge in [-0.05, 0) is 41.7 Å². The number of amidine groups is 1. The molecule has 0 fully saturated rings. The Morgan fingerprint density at radius 2 is 1.74 bits per heavy atom. The number of halogens is 1. The summed E-state index contributed by atoms with van der Waals surface area (Å²) in [5.41, 5.74) is 12.3. The molecule has 12 nitrogen and oxygen atoms in total. The Hall–Kier alpha value is -4.13. The molecule has 13 heteroatoms. The quantitative estimate of drug-likeness (QED) is 0.198. The molecular formula is C29H38BrN5O7. The summed E-state index contributed by atoms with van der Waals surface area (Å²) in [6.07, 6.45) is 0.576. The van der Waals surface area contributed by atoms with E-state index in [1.54, 1.807) is 25.1 Å². The van der Waals surface area contributed by atoms with Gasteiger partial charge in [-0.2, -0.15) is 0 Å². The molecule has 6 N–H and O–H groups in total. The number of Topliss-reactive ketones (excluding diaryl/α,β-unsaturated/α-hetero) is 1. The van der Waals surface area contributed by atoms with Gasteiger partial charge in [0.2, 0.25) is 11.8 Å². The van der Waals surface area contributed by atoms with E-state index in [-0.39, 0.29) is 59.1 Å². The number of fused-ring (bicyclic) bond motifs is 1. The number of benzene rings is 2. The Morgan fingerprint density at radius 1 is 1.10 bits per heavy atom. The van der Waals surface area contributed by atoms with Gasteiger partial charge in [-0.1, -0.05) is 20.8 Å². The number of anilines is 1. The number of nitrogens with zero attached hydrogens (tertiary/aromatic N) is 2. The summed E-state index contributed by atoms with van der Waals surface area (Å²) in [6, 6.07) is 4.94. The van der Waals surface area contributed by atoms with Crippen LogP contribution in [0.1, 0.15) is 77.1 Å². The lowest BCUT2D eigenvalue weighted by atomic mass is 9.84. The Morgan fingerprint density at radius 3 is 2.24 bits per heavy atom. The van der Waals surface area contributed by atoms with Gasteiger partial charge in [0.15, 0.2) is 17.3 Å². The molecule has 1 atom stereocenters. The van der Waals surface area contributed by atoms with Gasteiger partial charge >= 0.3 is 5.97 Å². The number of carbonyl (C=O) groups excluding carboxylic acids is 3. The fraction of sp³-hybridized carbons (Fsp3) is 0.414. The number of nitrogens with two attached hydrogens (primary N) is 2. The Labute approximate surface area is 255 Å². The number of amides is 2. The van der Waals surface area contributed by atoms with Crippen molar-refractivity contribution < 1.29 is 33.8 Å². The van der Waals surface area contributed by atoms with Gasteiger partial charge in [-0.15, -0.1) is 17.0 Å². The first-order chi connectivity index (χ1) is 19.1. The number of ether oxygens (including phenoxy) is 2. The first-order valence-electron chi connectivity index (χ1n) is 13.0. The largest absolute Gasteiger partial charge is 0.493 e. The molecule has 1 heterocycles. The monoisotopic (exact) mass is 647 g/mol. The van der Waals surface area contributed by atoms with Crippen LogP contribution in [0.15, 0.2) is 24.3 Å². The molecule has 0 aliphatic carbocycles. The summed E-state index contributed by atoms with van der Waals surface area (Å²) in [6.45, 7) is 5.69. The van der Waals surface area contributed by atoms with Crippen LogP contribution in [0.3, 0.4) is 0 Å². The molecule has 0 saturated carbocycles. The number of carboxylic acids is 1. The lowest BCUT2D eigenvalue weighted by molar-refractivity contribution is -0.121. The summed E-state index contributed by atoms with van der Waals surface area (Å²) in [5, 5.41) is 18.5. The van der Waals surface area contributed by atoms with Crippen molar-refractivity contribution in [3.05, 3.63) is 52.1 Å². The van der Waals surface area contributed by atoms with Crippen LogP contribution in [0.5, 0.6) is 11.5 Å². The first kappa shape index (κ1) is 34.1. The highest BCUT2D eigenvalue weighted by molar-refractivity contribution is 8.93. The van der Waals surface area contributed by atoms with Crippen LogP contribution in [0.2, 0.25) is 0 Å². The van der Waals surface area contributed by atoms with Gasteiger partial charge in [-0.25, -0.2) is 4.79 Å². The van der Waals surface area contributed by atoms with Gasteiger partial charge < -0.3 is 35.8 Å². The van der Waals surface area contributed by atoms with Gasteiger partial charge in [0, 0.05) is 37.2 Å². The number of carbonyl (C=O) groups is 4. The molecule has 0 bridgehead atoms. The summed E-state index contributed by atoms with van der Waals surface area (Å²) in [7, 11) is 4.78. The van der Waals surface area contributed by atoms with Crippen LogP contribution in [0, 0.1) is 5.41 Å². The van der Waals surface area contributed by atoms with Crippen molar-refractivity contribution in [3.63, 3.8) is 0 Å². The van der Waals surface area contributed by atoms with Crippen LogP contribution < -0.4 is 25.8 Å². The molecule has 1 aliphatic rings. The summed E-state index contributed by atoms with van der Waals surface area (Å²) in [4.78, 5) is 52.2. The van der Waals surface area contributed by atoms with E-state index in [4.69, 9.17) is 26.4 Å². The first-order valence-corrected chi connectivity index (χ1v) is 13.0. The third-order valence-corrected chi connectivity index (χ3v) is 6.83. The lowest BCUT2D eigenvalue weighted by Gasteiger charge is -2.27. The highest BCUT2D eigenvalue weighted by atomic mass is 79.9. The predicted molar refractivity (Wildman–Crippen MR) is 163 cm³/mol. The van der Waals surface area contributed by atoms with Crippen molar-refractivity contribution in [1.29, 1.82) is 5.41 Å². The maximum atomic E-state index is 13.7. The van der Waals surface area contributed by atoms with E-state index in [1.165, 1.54) is 30.2 Å². The summed E-state index contributed by atoms with van der Waals surface area (Å²) >= 11 is 0. The number of aromatic carboxylic acids is 1. The highest BCUT2D eigenvalue weighted by Gasteiger charge is 2.40. The molecule has 0 aromatic heterocycles. The molecule has 228 valence electrons. The Balaban J connectivity index is 0.00000616. The predicted octanol–water partition coefficient (Wildman–Crippen LogP) is 3.03. The summed E-state index contributed by atoms with van der Waals surface area (Å²) < 4.78 is 11.5. The number of hydrogen-bond acceptors (Lipinski definition) is 8. The molecule has 0 saturated heterocycles. The number of ketones is 1. The lowest BCUT2D eigenvalue weighted by Crippen LogP contribution is -2.39. The topological polar surface area (TPSA) is 189 Å². The standard InChI is InChI=1S/C29H37N5O7.BrH/c1-29(2,3)19-10-15(11-22(40-6)25(19)41-9-7-8-23(30)36)21(35)14-34-24(27(32)37)16-13-20(33(4)5)18(28(38)39)12-17(16)26(34)31;/h10-13,24,31H,7-9,14H2,1-6H3,(H2,30,36)(H2,32,37)(H,38,39);1H. The zero-order chi connectivity index (χ0) is 30.8. The number of rotatable bonds is 12. The third kappa shape index (κ3) is 7.01. The molecule has 1 aliphatic heterocycles. The smallest absolute Gasteiger partial charge is 0.337 e. The van der Waals surface area contributed by atoms with Crippen molar-refractivity contribution in [2.45, 2.75) is 45.1 Å². The Bertz CT molecular complexity index is 1420. The third-order valence-electron chi connectivity index (χ3n) is 6.83. The van der Waals surface area contributed by atoms with E-state index in [2.05, 4.69) is 0 Å². The maximum Gasteiger partial charge on any atom is 0.337 e. The minimum atomic E-state index is -1.19. The van der Waals surface area contributed by atoms with Crippen molar-refractivity contribution in [2.24, 2.45) is 11.5 Å². The summed E-state index contributed by atoms with van der Waals surface area (Å²) in [5.74, 6) is -2.23. The van der Waals surface area contributed by atoms with Crippen LogP contribution in [-0.4, -0.2) is 73.8 Å². The number of methoxy groups -OCH3 is 1. The molecule has 0 spiro atoms. The van der Waals surface area contributed by atoms with E-state index < -0.39 is 35.0 Å². The van der Waals surface area contributed by atoms with E-state index in [0.717, 1.165) is 0 Å². The number of nitrogens with one attached hydrogen (secondary N) is 1. The van der Waals surface area contributed by atoms with E-state index in [1.807, 2.05) is 20.8 Å². The average molecular weight is 649 g/mol. The number of primary amides is 2. The molecule has 2 aromatic rings. The van der Waals surface area contributed by atoms with Crippen LogP contribution in [0.25, 0.3) is 0 Å². The van der Waals surface area contributed by atoms with Gasteiger partial charge in [0.1, 0.15) is 11.9 Å². The molecule has 3 rings (SSSR count). The molecule has 1 unspecified atom stereocenters. The van der Waals surface area contributed by atoms with Gasteiger partial charge in [-0.3, -0.25) is 19.8 Å². The van der Waals surface area contributed by atoms with Crippen molar-refractivity contribution in [1.82, 2.24) is 4.90 Å². The molecule has 0 radical (unpaired) electrons. The zero-order valence-corrected chi connectivity index (χ0v) is 26.3. The molecule has 2 aromatic carbocycles. The SMILES string of the molecule is Br.COc1cc(C(=O)CN2C(=N)c3cc(C(=O)O)c(N(C)C)cc3C2C(N)=O)cc(C(C)(C)C)c1OCCCC(N)=O. The molecule has 42 heavy (non-hydrogen) atoms. The second kappa shape index (κ2) is 13.2. The van der Waals surface area contributed by atoms with Gasteiger partial charge in [0.05, 0.1) is 31.5 Å². The minimum Gasteiger partial charge on any atom is -0.493 e. The highest BCUT2D eigenvalue weighted by Crippen LogP contribution is 2.41. The van der Waals surface area contributed by atoms with Crippen LogP contribution >= 0.6 is 17.0 Å². The second-order valence-corrected chi connectivity index (χ2v) is 11.1. The van der Waals surface area contributed by atoms with Crippen molar-refractivity contribution in [2.75, 3.05) is 39.3 Å². The van der Waals surface area contributed by atoms with E-state index in [9.17, 15) is 24.3 Å². The number of carboxylic acid groups (broad SMARTS) is 1. The van der Waals surface area contributed by atoms with Crippen LogP contribution in [0.4, 0.5) is 5.69 Å². The maximum absolute atomic E-state index is 13.7. The molecule has 2 amide bonds. The van der Waals surface area contributed by atoms with E-state index >= 15 is 0 Å². The fourth-order valence-electron chi connectivity index (χ4n) is 4.79.